The summed E-state index contributed by atoms with van der Waals surface area (Å²) >= 11 is 0. The van der Waals surface area contributed by atoms with Gasteiger partial charge in [0.2, 0.25) is 5.91 Å². The van der Waals surface area contributed by atoms with Crippen LogP contribution in [0.2, 0.25) is 0 Å². The minimum Gasteiger partial charge on any atom is -0.383 e. The van der Waals surface area contributed by atoms with Gasteiger partial charge in [-0.3, -0.25) is 28.5 Å². The van der Waals surface area contributed by atoms with Crippen molar-refractivity contribution in [2.75, 3.05) is 17.2 Å². The molecule has 0 fully saturated rings. The summed E-state index contributed by atoms with van der Waals surface area (Å²) in [6.45, 7) is 5.46. The van der Waals surface area contributed by atoms with Gasteiger partial charge in [0.15, 0.2) is 5.69 Å². The molecule has 176 valence electrons. The van der Waals surface area contributed by atoms with Gasteiger partial charge in [-0.25, -0.2) is 9.59 Å². The van der Waals surface area contributed by atoms with E-state index in [1.165, 1.54) is 4.57 Å². The van der Waals surface area contributed by atoms with Crippen LogP contribution in [-0.2, 0) is 17.9 Å². The van der Waals surface area contributed by atoms with Crippen molar-refractivity contribution in [2.45, 2.75) is 46.7 Å². The van der Waals surface area contributed by atoms with Crippen LogP contribution in [0.1, 0.15) is 33.6 Å². The number of nitrogens with one attached hydrogen (secondary N) is 2. The van der Waals surface area contributed by atoms with E-state index in [2.05, 4.69) is 9.97 Å². The Morgan fingerprint density at radius 2 is 1.73 bits per heavy atom. The number of fused-ring (bicyclic) bond motifs is 1. The fraction of sp³-hybridized carbons (Fsp3) is 0.409. The number of nitrogens with two attached hydrogens (primary N) is 1. The highest BCUT2D eigenvalue weighted by atomic mass is 16.2. The maximum absolute atomic E-state index is 13.3. The molecule has 33 heavy (non-hydrogen) atoms. The molecule has 2 aromatic heterocycles. The fourth-order valence-corrected chi connectivity index (χ4v) is 3.63. The number of unbranched alkanes of at least 4 members (excludes halogenated alkanes) is 1. The molecule has 3 aromatic rings. The van der Waals surface area contributed by atoms with Crippen molar-refractivity contribution >= 4 is 28.3 Å². The minimum absolute atomic E-state index is 0.0540. The molecule has 0 saturated carbocycles. The number of nitrogen functional groups attached to an aromatic ring is 1. The summed E-state index contributed by atoms with van der Waals surface area (Å²) < 4.78 is 2.00. The number of aromatic amines is 2. The van der Waals surface area contributed by atoms with Crippen LogP contribution in [0.3, 0.4) is 0 Å². The highest BCUT2D eigenvalue weighted by molar-refractivity contribution is 5.95. The molecular formula is C22H28N6O5. The average Bonchev–Trinajstić information content (AvgIpc) is 2.76. The molecular weight excluding hydrogens is 428 g/mol. The number of anilines is 2. The van der Waals surface area contributed by atoms with E-state index in [0.29, 0.717) is 18.4 Å². The second kappa shape index (κ2) is 9.72. The maximum Gasteiger partial charge on any atom is 0.330 e. The number of carbonyl (C=O) groups is 1. The van der Waals surface area contributed by atoms with Crippen LogP contribution >= 0.6 is 0 Å². The van der Waals surface area contributed by atoms with E-state index in [1.54, 1.807) is 24.3 Å². The van der Waals surface area contributed by atoms with Crippen molar-refractivity contribution in [2.24, 2.45) is 5.92 Å². The number of hydrogen-bond donors (Lipinski definition) is 3. The van der Waals surface area contributed by atoms with Crippen LogP contribution in [0, 0.1) is 5.92 Å². The lowest BCUT2D eigenvalue weighted by molar-refractivity contribution is -0.119. The fourth-order valence-electron chi connectivity index (χ4n) is 3.63. The predicted octanol–water partition coefficient (Wildman–Crippen LogP) is 0.611. The number of nitrogens with zero attached hydrogens (tertiary/aromatic N) is 3. The average molecular weight is 457 g/mol. The van der Waals surface area contributed by atoms with Crippen LogP contribution in [0.5, 0.6) is 0 Å². The van der Waals surface area contributed by atoms with E-state index in [1.807, 2.05) is 20.8 Å². The smallest absolute Gasteiger partial charge is 0.330 e. The van der Waals surface area contributed by atoms with Crippen molar-refractivity contribution < 1.29 is 4.79 Å². The lowest BCUT2D eigenvalue weighted by Gasteiger charge is -2.25. The lowest BCUT2D eigenvalue weighted by Crippen LogP contribution is -2.46. The second-order valence-corrected chi connectivity index (χ2v) is 8.26. The summed E-state index contributed by atoms with van der Waals surface area (Å²) in [6.07, 6.45) is 1.25. The zero-order chi connectivity index (χ0) is 24.3. The quantitative estimate of drug-likeness (QED) is 0.451. The molecule has 11 nitrogen and oxygen atoms in total. The van der Waals surface area contributed by atoms with E-state index in [4.69, 9.17) is 5.73 Å². The molecule has 0 aliphatic heterocycles. The van der Waals surface area contributed by atoms with Crippen molar-refractivity contribution in [3.63, 3.8) is 0 Å². The van der Waals surface area contributed by atoms with Gasteiger partial charge in [-0.2, -0.15) is 0 Å². The highest BCUT2D eigenvalue weighted by Crippen LogP contribution is 2.19. The first-order chi connectivity index (χ1) is 15.6. The molecule has 1 amide bonds. The maximum atomic E-state index is 13.3. The normalized spacial score (nSPS) is 11.3. The Bertz CT molecular complexity index is 1410. The van der Waals surface area contributed by atoms with Gasteiger partial charge in [0.05, 0.1) is 10.9 Å². The third-order valence-corrected chi connectivity index (χ3v) is 5.25. The predicted molar refractivity (Wildman–Crippen MR) is 127 cm³/mol. The molecule has 2 heterocycles. The molecule has 0 unspecified atom stereocenters. The summed E-state index contributed by atoms with van der Waals surface area (Å²) in [5, 5.41) is 0.257. The van der Waals surface area contributed by atoms with Crippen LogP contribution in [0.15, 0.2) is 43.4 Å². The van der Waals surface area contributed by atoms with Crippen LogP contribution < -0.4 is 33.1 Å². The van der Waals surface area contributed by atoms with E-state index < -0.39 is 34.9 Å². The van der Waals surface area contributed by atoms with Gasteiger partial charge < -0.3 is 15.6 Å². The molecule has 0 spiro atoms. The van der Waals surface area contributed by atoms with Crippen LogP contribution in [0.25, 0.3) is 10.9 Å². The minimum atomic E-state index is -0.804. The number of amides is 1. The third-order valence-electron chi connectivity index (χ3n) is 5.25. The highest BCUT2D eigenvalue weighted by Gasteiger charge is 2.25. The lowest BCUT2D eigenvalue weighted by atomic mass is 10.2. The third kappa shape index (κ3) is 4.81. The summed E-state index contributed by atoms with van der Waals surface area (Å²) in [5.74, 6) is -0.752. The molecule has 0 aliphatic carbocycles. The van der Waals surface area contributed by atoms with Gasteiger partial charge in [0, 0.05) is 13.1 Å². The van der Waals surface area contributed by atoms with Crippen molar-refractivity contribution in [1.82, 2.24) is 19.1 Å². The first-order valence-electron chi connectivity index (χ1n) is 10.8. The summed E-state index contributed by atoms with van der Waals surface area (Å²) in [4.78, 5) is 69.6. The second-order valence-electron chi connectivity index (χ2n) is 8.26. The van der Waals surface area contributed by atoms with Gasteiger partial charge in [0.25, 0.3) is 11.1 Å². The molecule has 0 radical (unpaired) electrons. The summed E-state index contributed by atoms with van der Waals surface area (Å²) in [7, 11) is 0. The Kier molecular flexibility index (Phi) is 7.00. The Balaban J connectivity index is 2.10. The zero-order valence-electron chi connectivity index (χ0n) is 18.9. The number of carbonyl (C=O) groups excluding carboxylic acids is 1. The molecule has 4 N–H and O–H groups in total. The van der Waals surface area contributed by atoms with E-state index >= 15 is 0 Å². The van der Waals surface area contributed by atoms with Crippen LogP contribution in [-0.4, -0.2) is 31.6 Å². The van der Waals surface area contributed by atoms with Crippen molar-refractivity contribution in [3.05, 3.63) is 65.9 Å². The SMILES string of the molecule is CCCCN(C(=O)Cn1c(=O)[nH]c2ccccc2c1=O)c1c(N)n(CC(C)C)c(=O)[nH]c1=O. The Hall–Kier alpha value is -3.89. The molecule has 0 saturated heterocycles. The molecule has 1 aromatic carbocycles. The van der Waals surface area contributed by atoms with Crippen LogP contribution in [0.4, 0.5) is 11.5 Å². The van der Waals surface area contributed by atoms with Gasteiger partial charge in [-0.15, -0.1) is 0 Å². The van der Waals surface area contributed by atoms with Crippen molar-refractivity contribution in [3.8, 4) is 0 Å². The summed E-state index contributed by atoms with van der Waals surface area (Å²) in [6, 6.07) is 6.48. The largest absolute Gasteiger partial charge is 0.383 e. The molecule has 11 heteroatoms. The number of hydrogen-bond acceptors (Lipinski definition) is 6. The Morgan fingerprint density at radius 3 is 2.39 bits per heavy atom. The first kappa shape index (κ1) is 23.8. The molecule has 0 bridgehead atoms. The van der Waals surface area contributed by atoms with Gasteiger partial charge in [-0.1, -0.05) is 39.3 Å². The molecule has 0 atom stereocenters. The topological polar surface area (TPSA) is 156 Å². The zero-order valence-corrected chi connectivity index (χ0v) is 18.9. The molecule has 3 rings (SSSR count). The van der Waals surface area contributed by atoms with E-state index in [9.17, 15) is 24.0 Å². The molecule has 0 aliphatic rings. The Morgan fingerprint density at radius 1 is 1.06 bits per heavy atom. The van der Waals surface area contributed by atoms with E-state index in [-0.39, 0.29) is 35.9 Å². The number of H-pyrrole nitrogens is 2. The van der Waals surface area contributed by atoms with Gasteiger partial charge >= 0.3 is 11.4 Å². The standard InChI is InChI=1S/C22H28N6O5/c1-4-5-10-26(17-18(23)27(11-13(2)3)22(33)25-19(17)30)16(29)12-28-20(31)14-8-6-7-9-15(14)24-21(28)32/h6-9,13H,4-5,10-12,23H2,1-3H3,(H,24,32)(H,25,30,33). The summed E-state index contributed by atoms with van der Waals surface area (Å²) in [5.41, 5.74) is 3.55. The number of rotatable bonds is 8. The van der Waals surface area contributed by atoms with E-state index in [0.717, 1.165) is 9.47 Å². The number of para-hydroxylation sites is 1. The first-order valence-corrected chi connectivity index (χ1v) is 10.8. The van der Waals surface area contributed by atoms with Gasteiger partial charge in [0.1, 0.15) is 12.4 Å². The Labute approximate surface area is 188 Å². The number of aromatic nitrogens is 4. The monoisotopic (exact) mass is 456 g/mol. The number of benzene rings is 1. The van der Waals surface area contributed by atoms with Gasteiger partial charge in [-0.05, 0) is 24.5 Å². The van der Waals surface area contributed by atoms with Crippen molar-refractivity contribution in [1.29, 1.82) is 0 Å².